The summed E-state index contributed by atoms with van der Waals surface area (Å²) in [6, 6.07) is 16.2. The fourth-order valence-corrected chi connectivity index (χ4v) is 4.22. The second-order valence-corrected chi connectivity index (χ2v) is 8.14. The lowest BCUT2D eigenvalue weighted by molar-refractivity contribution is -0.119. The Morgan fingerprint density at radius 2 is 1.83 bits per heavy atom. The predicted molar refractivity (Wildman–Crippen MR) is 117 cm³/mol. The summed E-state index contributed by atoms with van der Waals surface area (Å²) in [5, 5.41) is 6.03. The van der Waals surface area contributed by atoms with Crippen LogP contribution < -0.4 is 15.4 Å². The van der Waals surface area contributed by atoms with Crippen LogP contribution in [-0.4, -0.2) is 37.0 Å². The van der Waals surface area contributed by atoms with Crippen LogP contribution in [0.5, 0.6) is 5.75 Å². The number of rotatable bonds is 9. The third-order valence-corrected chi connectivity index (χ3v) is 6.00. The molecular formula is C23H28N2O3S. The Morgan fingerprint density at radius 3 is 2.62 bits per heavy atom. The Kier molecular flexibility index (Phi) is 7.99. The molecule has 3 rings (SSSR count). The maximum absolute atomic E-state index is 12.3. The summed E-state index contributed by atoms with van der Waals surface area (Å²) in [6.45, 7) is 0.580. The van der Waals surface area contributed by atoms with Crippen molar-refractivity contribution in [2.45, 2.75) is 31.7 Å². The number of methoxy groups -OCH3 is 1. The second-order valence-electron chi connectivity index (χ2n) is 7.15. The van der Waals surface area contributed by atoms with Gasteiger partial charge in [-0.05, 0) is 54.5 Å². The largest absolute Gasteiger partial charge is 0.497 e. The van der Waals surface area contributed by atoms with Gasteiger partial charge in [0.25, 0.3) is 0 Å². The van der Waals surface area contributed by atoms with Crippen molar-refractivity contribution in [2.75, 3.05) is 25.2 Å². The first kappa shape index (κ1) is 21.2. The molecule has 2 aromatic rings. The van der Waals surface area contributed by atoms with E-state index in [1.807, 2.05) is 36.4 Å². The molecule has 2 N–H and O–H groups in total. The quantitative estimate of drug-likeness (QED) is 0.663. The molecule has 0 saturated carbocycles. The van der Waals surface area contributed by atoms with Crippen LogP contribution in [0.4, 0.5) is 0 Å². The summed E-state index contributed by atoms with van der Waals surface area (Å²) in [4.78, 5) is 24.3. The number of fused-ring (bicyclic) bond motifs is 1. The third kappa shape index (κ3) is 6.53. The standard InChI is InChI=1S/C23H28N2O3S/c1-28-19-11-9-17(10-12-19)13-14-24-22(26)15-29-16-23(27)25-21-8-4-6-18-5-2-3-7-20(18)21/h2-3,5,7,9-12,21H,4,6,8,13-16H2,1H3,(H,24,26)(H,25,27)/t21-/m1/s1. The number of hydrogen-bond acceptors (Lipinski definition) is 4. The van der Waals surface area contributed by atoms with Crippen molar-refractivity contribution < 1.29 is 14.3 Å². The van der Waals surface area contributed by atoms with Gasteiger partial charge in [0.1, 0.15) is 5.75 Å². The smallest absolute Gasteiger partial charge is 0.230 e. The first-order valence-corrected chi connectivity index (χ1v) is 11.2. The van der Waals surface area contributed by atoms with Gasteiger partial charge in [-0.3, -0.25) is 9.59 Å². The predicted octanol–water partition coefficient (Wildman–Crippen LogP) is 3.28. The Bertz CT molecular complexity index is 823. The number of benzene rings is 2. The van der Waals surface area contributed by atoms with Gasteiger partial charge in [0.15, 0.2) is 0 Å². The highest BCUT2D eigenvalue weighted by atomic mass is 32.2. The Hall–Kier alpha value is -2.47. The van der Waals surface area contributed by atoms with Gasteiger partial charge < -0.3 is 15.4 Å². The molecule has 1 aliphatic rings. The fourth-order valence-electron chi connectivity index (χ4n) is 3.57. The van der Waals surface area contributed by atoms with Gasteiger partial charge >= 0.3 is 0 Å². The van der Waals surface area contributed by atoms with E-state index in [4.69, 9.17) is 4.74 Å². The maximum atomic E-state index is 12.3. The van der Waals surface area contributed by atoms with Crippen molar-refractivity contribution in [2.24, 2.45) is 0 Å². The number of ether oxygens (including phenoxy) is 1. The summed E-state index contributed by atoms with van der Waals surface area (Å²) in [6.07, 6.45) is 3.90. The minimum Gasteiger partial charge on any atom is -0.497 e. The van der Waals surface area contributed by atoms with Crippen molar-refractivity contribution in [3.8, 4) is 5.75 Å². The van der Waals surface area contributed by atoms with Crippen molar-refractivity contribution in [1.29, 1.82) is 0 Å². The van der Waals surface area contributed by atoms with Gasteiger partial charge in [-0.1, -0.05) is 36.4 Å². The number of hydrogen-bond donors (Lipinski definition) is 2. The number of thioether (sulfide) groups is 1. The Morgan fingerprint density at radius 1 is 1.07 bits per heavy atom. The highest BCUT2D eigenvalue weighted by Gasteiger charge is 2.21. The zero-order valence-corrected chi connectivity index (χ0v) is 17.6. The van der Waals surface area contributed by atoms with Crippen LogP contribution in [0, 0.1) is 0 Å². The molecule has 0 aliphatic heterocycles. The normalized spacial score (nSPS) is 15.3. The van der Waals surface area contributed by atoms with Crippen molar-refractivity contribution >= 4 is 23.6 Å². The van der Waals surface area contributed by atoms with E-state index in [2.05, 4.69) is 22.8 Å². The molecular weight excluding hydrogens is 384 g/mol. The monoisotopic (exact) mass is 412 g/mol. The van der Waals surface area contributed by atoms with E-state index in [1.165, 1.54) is 22.9 Å². The summed E-state index contributed by atoms with van der Waals surface area (Å²) in [5.74, 6) is 1.35. The third-order valence-electron chi connectivity index (χ3n) is 5.07. The first-order valence-electron chi connectivity index (χ1n) is 10.0. The maximum Gasteiger partial charge on any atom is 0.230 e. The van der Waals surface area contributed by atoms with E-state index < -0.39 is 0 Å². The lowest BCUT2D eigenvalue weighted by atomic mass is 9.88. The molecule has 0 bridgehead atoms. The van der Waals surface area contributed by atoms with Crippen LogP contribution >= 0.6 is 11.8 Å². The molecule has 0 fully saturated rings. The number of carbonyl (C=O) groups is 2. The Labute approximate surface area is 176 Å². The number of carbonyl (C=O) groups excluding carboxylic acids is 2. The molecule has 29 heavy (non-hydrogen) atoms. The molecule has 0 heterocycles. The lowest BCUT2D eigenvalue weighted by Crippen LogP contribution is -2.33. The highest BCUT2D eigenvalue weighted by molar-refractivity contribution is 8.00. The SMILES string of the molecule is COc1ccc(CCNC(=O)CSCC(=O)N[C@@H]2CCCc3ccccc32)cc1. The second kappa shape index (κ2) is 10.9. The summed E-state index contributed by atoms with van der Waals surface area (Å²) in [5.41, 5.74) is 3.70. The molecule has 1 atom stereocenters. The summed E-state index contributed by atoms with van der Waals surface area (Å²) >= 11 is 1.35. The molecule has 6 heteroatoms. The van der Waals surface area contributed by atoms with Crippen molar-refractivity contribution in [1.82, 2.24) is 10.6 Å². The number of nitrogens with one attached hydrogen (secondary N) is 2. The van der Waals surface area contributed by atoms with E-state index in [9.17, 15) is 9.59 Å². The van der Waals surface area contributed by atoms with Crippen LogP contribution in [0.2, 0.25) is 0 Å². The molecule has 0 radical (unpaired) electrons. The molecule has 0 spiro atoms. The van der Waals surface area contributed by atoms with Gasteiger partial charge in [0.05, 0.1) is 24.7 Å². The molecule has 5 nitrogen and oxygen atoms in total. The lowest BCUT2D eigenvalue weighted by Gasteiger charge is -2.26. The molecule has 2 amide bonds. The molecule has 0 saturated heterocycles. The van der Waals surface area contributed by atoms with E-state index >= 15 is 0 Å². The molecule has 0 aromatic heterocycles. The minimum absolute atomic E-state index is 0.0114. The van der Waals surface area contributed by atoms with E-state index in [1.54, 1.807) is 7.11 Å². The average Bonchev–Trinajstić information content (AvgIpc) is 2.74. The van der Waals surface area contributed by atoms with E-state index in [-0.39, 0.29) is 23.6 Å². The van der Waals surface area contributed by atoms with Crippen LogP contribution in [-0.2, 0) is 22.4 Å². The van der Waals surface area contributed by atoms with Gasteiger partial charge in [0, 0.05) is 6.54 Å². The van der Waals surface area contributed by atoms with Gasteiger partial charge in [-0.25, -0.2) is 0 Å². The zero-order valence-electron chi connectivity index (χ0n) is 16.8. The average molecular weight is 413 g/mol. The zero-order chi connectivity index (χ0) is 20.5. The summed E-state index contributed by atoms with van der Waals surface area (Å²) < 4.78 is 5.14. The van der Waals surface area contributed by atoms with Crippen LogP contribution in [0.25, 0.3) is 0 Å². The van der Waals surface area contributed by atoms with Crippen LogP contribution in [0.1, 0.15) is 35.6 Å². The molecule has 154 valence electrons. The van der Waals surface area contributed by atoms with Crippen molar-refractivity contribution in [3.05, 3.63) is 65.2 Å². The van der Waals surface area contributed by atoms with Crippen LogP contribution in [0.15, 0.2) is 48.5 Å². The van der Waals surface area contributed by atoms with Gasteiger partial charge in [-0.2, -0.15) is 0 Å². The topological polar surface area (TPSA) is 67.4 Å². The molecule has 0 unspecified atom stereocenters. The molecule has 1 aliphatic carbocycles. The molecule has 2 aromatic carbocycles. The summed E-state index contributed by atoms with van der Waals surface area (Å²) in [7, 11) is 1.64. The first-order chi connectivity index (χ1) is 14.2. The van der Waals surface area contributed by atoms with E-state index in [0.29, 0.717) is 12.3 Å². The highest BCUT2D eigenvalue weighted by Crippen LogP contribution is 2.29. The van der Waals surface area contributed by atoms with Gasteiger partial charge in [-0.15, -0.1) is 11.8 Å². The van der Waals surface area contributed by atoms with Crippen molar-refractivity contribution in [3.63, 3.8) is 0 Å². The number of aryl methyl sites for hydroxylation is 1. The van der Waals surface area contributed by atoms with Crippen LogP contribution in [0.3, 0.4) is 0 Å². The minimum atomic E-state index is -0.0423. The Balaban J connectivity index is 1.32. The van der Waals surface area contributed by atoms with E-state index in [0.717, 1.165) is 37.0 Å². The van der Waals surface area contributed by atoms with Gasteiger partial charge in [0.2, 0.25) is 11.8 Å². The number of amides is 2. The fraction of sp³-hybridized carbons (Fsp3) is 0.391.